The van der Waals surface area contributed by atoms with Crippen LogP contribution in [0.25, 0.3) is 22.3 Å². The maximum absolute atomic E-state index is 5.99. The molecule has 0 unspecified atom stereocenters. The third kappa shape index (κ3) is 17.6. The molecule has 0 saturated carbocycles. The number of benzene rings is 2. The van der Waals surface area contributed by atoms with Crippen LogP contribution in [0.4, 0.5) is 0 Å². The Kier molecular flexibility index (Phi) is 20.8. The van der Waals surface area contributed by atoms with Crippen molar-refractivity contribution in [3.8, 4) is 45.8 Å². The Morgan fingerprint density at radius 3 is 0.875 bits per heavy atom. The van der Waals surface area contributed by atoms with Gasteiger partial charge in [0.25, 0.3) is 0 Å². The predicted octanol–water partition coefficient (Wildman–Crippen LogP) is 8.58. The predicted molar refractivity (Wildman–Crippen MR) is 216 cm³/mol. The topological polar surface area (TPSA) is 125 Å². The van der Waals surface area contributed by atoms with E-state index in [0.29, 0.717) is 78.1 Å². The molecule has 0 fully saturated rings. The lowest BCUT2D eigenvalue weighted by Crippen LogP contribution is -2.15. The van der Waals surface area contributed by atoms with Crippen molar-refractivity contribution in [3.63, 3.8) is 0 Å². The molecule has 0 amide bonds. The van der Waals surface area contributed by atoms with E-state index in [1.165, 1.54) is 64.2 Å². The van der Waals surface area contributed by atoms with Crippen LogP contribution in [0.3, 0.4) is 0 Å². The molecule has 0 saturated heterocycles. The summed E-state index contributed by atoms with van der Waals surface area (Å²) in [7, 11) is 0. The normalized spacial score (nSPS) is 18.0. The quantitative estimate of drug-likeness (QED) is 0.170. The highest BCUT2D eigenvalue weighted by molar-refractivity contribution is 5.63. The second-order valence-corrected chi connectivity index (χ2v) is 13.6. The number of rotatable bonds is 0. The van der Waals surface area contributed by atoms with Crippen LogP contribution < -0.4 is 18.9 Å². The molecule has 10 aliphatic heterocycles. The summed E-state index contributed by atoms with van der Waals surface area (Å²) in [5.41, 5.74) is 3.90. The first-order valence-electron chi connectivity index (χ1n) is 20.5. The van der Waals surface area contributed by atoms with Gasteiger partial charge < -0.3 is 37.9 Å². The minimum Gasteiger partial charge on any atom is -0.494 e. The Bertz CT molecular complexity index is 1320. The van der Waals surface area contributed by atoms with Crippen molar-refractivity contribution in [1.82, 2.24) is 19.9 Å². The number of ether oxygens (including phenoxy) is 8. The fourth-order valence-corrected chi connectivity index (χ4v) is 6.06. The van der Waals surface area contributed by atoms with Gasteiger partial charge in [0.1, 0.15) is 24.7 Å². The van der Waals surface area contributed by atoms with Crippen LogP contribution >= 0.6 is 0 Å². The van der Waals surface area contributed by atoms with Crippen molar-refractivity contribution >= 4 is 0 Å². The Balaban J connectivity index is 0.973. The molecule has 0 N–H and O–H groups in total. The third-order valence-electron chi connectivity index (χ3n) is 9.24. The summed E-state index contributed by atoms with van der Waals surface area (Å²) in [5.74, 6) is 1.77. The minimum atomic E-state index is 0.320. The van der Waals surface area contributed by atoms with Gasteiger partial charge in [0.15, 0.2) is 0 Å². The number of hydrogen-bond donors (Lipinski definition) is 0. The summed E-state index contributed by atoms with van der Waals surface area (Å²) in [4.78, 5) is 17.4. The van der Waals surface area contributed by atoms with Crippen LogP contribution in [0.1, 0.15) is 77.0 Å². The fourth-order valence-electron chi connectivity index (χ4n) is 6.06. The minimum absolute atomic E-state index is 0.320. The summed E-state index contributed by atoms with van der Waals surface area (Å²) in [6.45, 7) is 5.83. The highest BCUT2D eigenvalue weighted by Gasteiger charge is 2.05. The molecule has 0 spiro atoms. The first kappa shape index (κ1) is 42.8. The summed E-state index contributed by atoms with van der Waals surface area (Å²) >= 11 is 0. The van der Waals surface area contributed by atoms with Crippen LogP contribution in [0, 0.1) is 0 Å². The molecule has 0 atom stereocenters. The lowest BCUT2D eigenvalue weighted by atomic mass is 10.1. The van der Waals surface area contributed by atoms with E-state index in [0.717, 1.165) is 59.8 Å². The SMILES string of the molecule is c1cc2ccc1OCCCCCCCCCCCCCCOc1ccc(cc1)-c1cnc(nc1)OCCOCCOCCOCCOCCOc1ncc-2cn1. The van der Waals surface area contributed by atoms with Gasteiger partial charge in [0, 0.05) is 35.9 Å². The molecule has 12 heteroatoms. The van der Waals surface area contributed by atoms with E-state index in [1.807, 2.05) is 48.5 Å². The van der Waals surface area contributed by atoms with Crippen molar-refractivity contribution in [1.29, 1.82) is 0 Å². The van der Waals surface area contributed by atoms with Crippen molar-refractivity contribution in [2.45, 2.75) is 77.0 Å². The van der Waals surface area contributed by atoms with Gasteiger partial charge in [-0.25, -0.2) is 19.9 Å². The average molecular weight is 773 g/mol. The van der Waals surface area contributed by atoms with Crippen molar-refractivity contribution in [2.24, 2.45) is 0 Å². The van der Waals surface area contributed by atoms with Crippen molar-refractivity contribution in [2.75, 3.05) is 79.3 Å². The van der Waals surface area contributed by atoms with E-state index in [1.54, 1.807) is 24.8 Å². The zero-order valence-corrected chi connectivity index (χ0v) is 33.0. The van der Waals surface area contributed by atoms with Crippen LogP contribution in [0.15, 0.2) is 73.3 Å². The zero-order chi connectivity index (χ0) is 38.6. The van der Waals surface area contributed by atoms with Gasteiger partial charge in [0.2, 0.25) is 0 Å². The molecule has 0 aliphatic carbocycles. The highest BCUT2D eigenvalue weighted by Crippen LogP contribution is 2.24. The van der Waals surface area contributed by atoms with Gasteiger partial charge in [-0.3, -0.25) is 0 Å². The Hall–Kier alpha value is -4.36. The molecule has 2 aromatic carbocycles. The number of aromatic nitrogens is 4. The zero-order valence-electron chi connectivity index (χ0n) is 33.0. The molecule has 4 aromatic rings. The van der Waals surface area contributed by atoms with E-state index < -0.39 is 0 Å². The molecule has 2 aromatic heterocycles. The van der Waals surface area contributed by atoms with E-state index in [2.05, 4.69) is 19.9 Å². The monoisotopic (exact) mass is 772 g/mol. The van der Waals surface area contributed by atoms with Gasteiger partial charge in [0.05, 0.1) is 66.1 Å². The Morgan fingerprint density at radius 2 is 0.554 bits per heavy atom. The first-order chi connectivity index (χ1) is 27.8. The van der Waals surface area contributed by atoms with E-state index >= 15 is 0 Å². The molecule has 14 rings (SSSR count). The van der Waals surface area contributed by atoms with Gasteiger partial charge in [-0.2, -0.15) is 0 Å². The van der Waals surface area contributed by atoms with Crippen LogP contribution in [0.2, 0.25) is 0 Å². The highest BCUT2D eigenvalue weighted by atomic mass is 16.6. The number of hydrogen-bond acceptors (Lipinski definition) is 12. The standard InChI is InChI=1S/C44H60N4O8/c1-2-4-6-8-10-12-22-54-42-19-15-38(16-20-42)40-35-47-44(48-36-40)56-32-30-52-28-26-50-24-23-49-25-27-51-29-31-55-43-45-33-39(34-46-43)37-13-17-41(18-14-37)53-21-11-9-7-5-3-1/h13-20,33-36H,1-12,21-32H2. The molecule has 10 aliphatic rings. The molecular formula is C44H60N4O8. The third-order valence-corrected chi connectivity index (χ3v) is 9.24. The molecule has 12 heterocycles. The maximum Gasteiger partial charge on any atom is 0.316 e. The summed E-state index contributed by atoms with van der Waals surface area (Å²) in [5, 5.41) is 0. The first-order valence-corrected chi connectivity index (χ1v) is 20.5. The maximum atomic E-state index is 5.99. The van der Waals surface area contributed by atoms with Gasteiger partial charge in [-0.15, -0.1) is 0 Å². The molecule has 0 radical (unpaired) electrons. The van der Waals surface area contributed by atoms with E-state index in [-0.39, 0.29) is 0 Å². The molecular weight excluding hydrogens is 713 g/mol. The summed E-state index contributed by atoms with van der Waals surface area (Å²) in [6, 6.07) is 16.8. The molecule has 304 valence electrons. The lowest BCUT2D eigenvalue weighted by molar-refractivity contribution is -0.00745. The number of nitrogens with zero attached hydrogens (tertiary/aromatic N) is 4. The van der Waals surface area contributed by atoms with E-state index in [9.17, 15) is 0 Å². The smallest absolute Gasteiger partial charge is 0.316 e. The second kappa shape index (κ2) is 27.3. The van der Waals surface area contributed by atoms with E-state index in [4.69, 9.17) is 37.9 Å². The van der Waals surface area contributed by atoms with Crippen LogP contribution in [0.5, 0.6) is 23.5 Å². The van der Waals surface area contributed by atoms with Crippen LogP contribution in [-0.4, -0.2) is 99.2 Å². The van der Waals surface area contributed by atoms with Gasteiger partial charge in [-0.1, -0.05) is 88.5 Å². The average Bonchev–Trinajstić information content (AvgIpc) is 3.24. The lowest BCUT2D eigenvalue weighted by Gasteiger charge is -2.09. The van der Waals surface area contributed by atoms with Crippen LogP contribution in [-0.2, 0) is 18.9 Å². The summed E-state index contributed by atoms with van der Waals surface area (Å²) in [6.07, 6.45) is 22.1. The van der Waals surface area contributed by atoms with Crippen molar-refractivity contribution < 1.29 is 37.9 Å². The molecule has 56 heavy (non-hydrogen) atoms. The Labute approximate surface area is 332 Å². The van der Waals surface area contributed by atoms with Gasteiger partial charge in [-0.05, 0) is 48.2 Å². The second-order valence-electron chi connectivity index (χ2n) is 13.6. The Morgan fingerprint density at radius 1 is 0.268 bits per heavy atom. The molecule has 8 bridgehead atoms. The molecule has 12 nitrogen and oxygen atoms in total. The van der Waals surface area contributed by atoms with Crippen molar-refractivity contribution in [3.05, 3.63) is 73.3 Å². The fraction of sp³-hybridized carbons (Fsp3) is 0.545. The largest absolute Gasteiger partial charge is 0.494 e. The van der Waals surface area contributed by atoms with Gasteiger partial charge >= 0.3 is 12.0 Å². The summed E-state index contributed by atoms with van der Waals surface area (Å²) < 4.78 is 45.5.